The number of aryl methyl sites for hydroxylation is 1. The van der Waals surface area contributed by atoms with Crippen molar-refractivity contribution < 1.29 is 4.57 Å². The van der Waals surface area contributed by atoms with Gasteiger partial charge in [0, 0.05) is 24.6 Å². The highest BCUT2D eigenvalue weighted by atomic mass is 14.9. The first-order valence-corrected chi connectivity index (χ1v) is 5.58. The Bertz CT molecular complexity index is 416. The van der Waals surface area contributed by atoms with Crippen LogP contribution in [0.1, 0.15) is 18.4 Å². The molecule has 1 rings (SSSR count). The zero-order chi connectivity index (χ0) is 12.3. The van der Waals surface area contributed by atoms with Crippen molar-refractivity contribution in [2.24, 2.45) is 0 Å². The van der Waals surface area contributed by atoms with E-state index in [9.17, 15) is 0 Å². The quantitative estimate of drug-likeness (QED) is 0.307. The third kappa shape index (κ3) is 5.39. The maximum atomic E-state index is 8.42. The van der Waals surface area contributed by atoms with E-state index in [0.29, 0.717) is 6.54 Å². The summed E-state index contributed by atoms with van der Waals surface area (Å²) in [4.78, 5) is 0. The topological polar surface area (TPSA) is 75.5 Å². The van der Waals surface area contributed by atoms with Gasteiger partial charge >= 0.3 is 0 Å². The number of nitriles is 2. The zero-order valence-electron chi connectivity index (χ0n) is 9.69. The van der Waals surface area contributed by atoms with Crippen molar-refractivity contribution in [3.63, 3.8) is 0 Å². The molecule has 88 valence electrons. The summed E-state index contributed by atoms with van der Waals surface area (Å²) in [5.74, 6) is 0. The molecule has 0 spiro atoms. The lowest BCUT2D eigenvalue weighted by atomic mass is 10.2. The van der Waals surface area contributed by atoms with Gasteiger partial charge in [0.25, 0.3) is 0 Å². The van der Waals surface area contributed by atoms with E-state index in [-0.39, 0.29) is 0 Å². The zero-order valence-corrected chi connectivity index (χ0v) is 9.69. The van der Waals surface area contributed by atoms with Gasteiger partial charge in [0.1, 0.15) is 6.54 Å². The van der Waals surface area contributed by atoms with Crippen molar-refractivity contribution in [1.82, 2.24) is 10.6 Å². The first-order chi connectivity index (χ1) is 8.36. The Morgan fingerprint density at radius 1 is 1.18 bits per heavy atom. The maximum absolute atomic E-state index is 8.42. The highest BCUT2D eigenvalue weighted by molar-refractivity contribution is 5.05. The minimum Gasteiger partial charge on any atom is -0.324 e. The largest absolute Gasteiger partial charge is 0.324 e. The molecule has 2 N–H and O–H groups in total. The molecular formula is C12H16N5+. The van der Waals surface area contributed by atoms with Gasteiger partial charge in [0.05, 0.1) is 6.54 Å². The second kappa shape index (κ2) is 7.95. The summed E-state index contributed by atoms with van der Waals surface area (Å²) >= 11 is 0. The standard InChI is InChI=1S/C12H16N5/c13-10-15-5-1-2-6-17-7-3-4-12(9-17)8-16-11-14/h3-4,7,9,15-16H,1-2,5-6,8H2/q+1. The predicted octanol–water partition coefficient (Wildman–Crippen LogP) is 0.396. The molecule has 0 radical (unpaired) electrons. The summed E-state index contributed by atoms with van der Waals surface area (Å²) in [5.41, 5.74) is 1.09. The number of hydrogen-bond donors (Lipinski definition) is 2. The van der Waals surface area contributed by atoms with Crippen molar-refractivity contribution >= 4 is 0 Å². The Balaban J connectivity index is 2.33. The van der Waals surface area contributed by atoms with E-state index in [4.69, 9.17) is 10.5 Å². The summed E-state index contributed by atoms with van der Waals surface area (Å²) in [5, 5.41) is 22.0. The van der Waals surface area contributed by atoms with Crippen LogP contribution in [0.2, 0.25) is 0 Å². The minimum atomic E-state index is 0.563. The van der Waals surface area contributed by atoms with Crippen LogP contribution in [-0.2, 0) is 13.1 Å². The SMILES string of the molecule is N#CNCCCC[n+]1cccc(CNC#N)c1. The molecule has 0 atom stereocenters. The third-order valence-electron chi connectivity index (χ3n) is 2.34. The predicted molar refractivity (Wildman–Crippen MR) is 61.9 cm³/mol. The number of hydrogen-bond acceptors (Lipinski definition) is 4. The van der Waals surface area contributed by atoms with E-state index in [2.05, 4.69) is 15.2 Å². The molecule has 0 amide bonds. The highest BCUT2D eigenvalue weighted by Gasteiger charge is 2.02. The second-order valence-corrected chi connectivity index (χ2v) is 3.66. The van der Waals surface area contributed by atoms with Crippen LogP contribution in [0.4, 0.5) is 0 Å². The number of aromatic nitrogens is 1. The van der Waals surface area contributed by atoms with E-state index in [1.54, 1.807) is 0 Å². The van der Waals surface area contributed by atoms with Crippen molar-refractivity contribution in [3.8, 4) is 12.4 Å². The Morgan fingerprint density at radius 3 is 2.76 bits per heavy atom. The first-order valence-electron chi connectivity index (χ1n) is 5.58. The molecular weight excluding hydrogens is 214 g/mol. The smallest absolute Gasteiger partial charge is 0.176 e. The van der Waals surface area contributed by atoms with E-state index in [1.165, 1.54) is 0 Å². The molecule has 0 bridgehead atoms. The molecule has 0 saturated carbocycles. The fourth-order valence-corrected chi connectivity index (χ4v) is 1.53. The third-order valence-corrected chi connectivity index (χ3v) is 2.34. The Kier molecular flexibility index (Phi) is 5.98. The lowest BCUT2D eigenvalue weighted by Crippen LogP contribution is -2.34. The molecule has 17 heavy (non-hydrogen) atoms. The van der Waals surface area contributed by atoms with Gasteiger partial charge in [-0.2, -0.15) is 10.5 Å². The average molecular weight is 230 g/mol. The normalized spacial score (nSPS) is 9.06. The summed E-state index contributed by atoms with van der Waals surface area (Å²) in [7, 11) is 0. The van der Waals surface area contributed by atoms with Gasteiger partial charge in [-0.25, -0.2) is 4.57 Å². The number of rotatable bonds is 7. The fraction of sp³-hybridized carbons (Fsp3) is 0.417. The van der Waals surface area contributed by atoms with E-state index in [0.717, 1.165) is 31.5 Å². The number of pyridine rings is 1. The molecule has 0 aromatic carbocycles. The molecule has 0 aliphatic carbocycles. The molecule has 0 aliphatic heterocycles. The first kappa shape index (κ1) is 12.8. The monoisotopic (exact) mass is 230 g/mol. The van der Waals surface area contributed by atoms with E-state index in [1.807, 2.05) is 36.9 Å². The van der Waals surface area contributed by atoms with Crippen LogP contribution in [0.5, 0.6) is 0 Å². The lowest BCUT2D eigenvalue weighted by molar-refractivity contribution is -0.697. The van der Waals surface area contributed by atoms with Gasteiger partial charge in [0.2, 0.25) is 0 Å². The highest BCUT2D eigenvalue weighted by Crippen LogP contribution is 1.94. The van der Waals surface area contributed by atoms with E-state index >= 15 is 0 Å². The minimum absolute atomic E-state index is 0.563. The van der Waals surface area contributed by atoms with E-state index < -0.39 is 0 Å². The maximum Gasteiger partial charge on any atom is 0.176 e. The molecule has 1 aromatic heterocycles. The molecule has 1 heterocycles. The second-order valence-electron chi connectivity index (χ2n) is 3.66. The molecule has 1 aromatic rings. The van der Waals surface area contributed by atoms with Crippen LogP contribution in [0.3, 0.4) is 0 Å². The Hall–Kier alpha value is -2.27. The Labute approximate surface area is 101 Å². The summed E-state index contributed by atoms with van der Waals surface area (Å²) in [6.07, 6.45) is 9.84. The van der Waals surface area contributed by atoms with Crippen molar-refractivity contribution in [2.45, 2.75) is 25.9 Å². The summed E-state index contributed by atoms with van der Waals surface area (Å²) in [6.45, 7) is 2.22. The summed E-state index contributed by atoms with van der Waals surface area (Å²) in [6, 6.07) is 3.96. The van der Waals surface area contributed by atoms with Crippen LogP contribution in [0.25, 0.3) is 0 Å². The van der Waals surface area contributed by atoms with Crippen LogP contribution < -0.4 is 15.2 Å². The van der Waals surface area contributed by atoms with Gasteiger partial charge in [-0.15, -0.1) is 0 Å². The molecule has 0 fully saturated rings. The van der Waals surface area contributed by atoms with Crippen LogP contribution in [-0.4, -0.2) is 6.54 Å². The Morgan fingerprint density at radius 2 is 2.00 bits per heavy atom. The number of nitrogens with one attached hydrogen (secondary N) is 2. The number of nitrogens with zero attached hydrogens (tertiary/aromatic N) is 3. The van der Waals surface area contributed by atoms with Gasteiger partial charge in [-0.1, -0.05) is 0 Å². The van der Waals surface area contributed by atoms with Gasteiger partial charge in [-0.05, 0) is 12.5 Å². The van der Waals surface area contributed by atoms with Crippen molar-refractivity contribution in [1.29, 1.82) is 10.5 Å². The van der Waals surface area contributed by atoms with Gasteiger partial charge in [0.15, 0.2) is 24.8 Å². The lowest BCUT2D eigenvalue weighted by Gasteiger charge is -2.00. The van der Waals surface area contributed by atoms with Crippen LogP contribution in [0.15, 0.2) is 24.5 Å². The molecule has 0 aliphatic rings. The molecule has 0 unspecified atom stereocenters. The molecule has 5 nitrogen and oxygen atoms in total. The van der Waals surface area contributed by atoms with Gasteiger partial charge < -0.3 is 10.6 Å². The van der Waals surface area contributed by atoms with Gasteiger partial charge in [-0.3, -0.25) is 0 Å². The average Bonchev–Trinajstić information content (AvgIpc) is 2.37. The summed E-state index contributed by atoms with van der Waals surface area (Å²) < 4.78 is 2.10. The van der Waals surface area contributed by atoms with Crippen LogP contribution in [0, 0.1) is 22.9 Å². The van der Waals surface area contributed by atoms with Crippen molar-refractivity contribution in [2.75, 3.05) is 6.54 Å². The fourth-order valence-electron chi connectivity index (χ4n) is 1.53. The molecule has 5 heteroatoms. The van der Waals surface area contributed by atoms with Crippen molar-refractivity contribution in [3.05, 3.63) is 30.1 Å². The number of unbranched alkanes of at least 4 members (excludes halogenated alkanes) is 1. The molecule has 0 saturated heterocycles. The van der Waals surface area contributed by atoms with Crippen LogP contribution >= 0.6 is 0 Å².